The number of amides is 1. The molecule has 0 bridgehead atoms. The van der Waals surface area contributed by atoms with E-state index in [-0.39, 0.29) is 5.91 Å². The van der Waals surface area contributed by atoms with Gasteiger partial charge in [0.25, 0.3) is 5.91 Å². The number of furan rings is 2. The number of pyridine rings is 1. The van der Waals surface area contributed by atoms with Crippen molar-refractivity contribution >= 4 is 5.91 Å². The lowest BCUT2D eigenvalue weighted by Gasteiger charge is -2.04. The molecule has 0 aliphatic heterocycles. The number of carbonyl (C=O) groups excluding carboxylic acids is 1. The van der Waals surface area contributed by atoms with Crippen molar-refractivity contribution in [2.45, 2.75) is 6.54 Å². The molecular formula is C15H12N2O3. The minimum absolute atomic E-state index is 0.244. The van der Waals surface area contributed by atoms with Crippen LogP contribution in [0.3, 0.4) is 0 Å². The van der Waals surface area contributed by atoms with Crippen LogP contribution < -0.4 is 5.32 Å². The Balaban J connectivity index is 1.69. The van der Waals surface area contributed by atoms with Gasteiger partial charge in [-0.3, -0.25) is 9.78 Å². The average molecular weight is 268 g/mol. The van der Waals surface area contributed by atoms with E-state index in [4.69, 9.17) is 8.83 Å². The van der Waals surface area contributed by atoms with Crippen LogP contribution in [0.25, 0.3) is 11.5 Å². The van der Waals surface area contributed by atoms with Gasteiger partial charge in [-0.05, 0) is 42.0 Å². The fraction of sp³-hybridized carbons (Fsp3) is 0.0667. The van der Waals surface area contributed by atoms with Gasteiger partial charge >= 0.3 is 0 Å². The van der Waals surface area contributed by atoms with E-state index in [1.807, 2.05) is 24.3 Å². The van der Waals surface area contributed by atoms with Crippen molar-refractivity contribution in [2.24, 2.45) is 0 Å². The monoisotopic (exact) mass is 268 g/mol. The van der Waals surface area contributed by atoms with E-state index >= 15 is 0 Å². The second-order valence-corrected chi connectivity index (χ2v) is 4.19. The van der Waals surface area contributed by atoms with Crippen LogP contribution in [0.15, 0.2) is 64.0 Å². The summed E-state index contributed by atoms with van der Waals surface area (Å²) >= 11 is 0. The molecule has 0 atom stereocenters. The molecule has 0 fully saturated rings. The van der Waals surface area contributed by atoms with Crippen molar-refractivity contribution in [1.82, 2.24) is 10.3 Å². The number of hydrogen-bond donors (Lipinski definition) is 1. The molecule has 0 unspecified atom stereocenters. The Kier molecular flexibility index (Phi) is 3.33. The van der Waals surface area contributed by atoms with E-state index in [9.17, 15) is 4.79 Å². The summed E-state index contributed by atoms with van der Waals surface area (Å²) in [5, 5.41) is 2.78. The first-order valence-corrected chi connectivity index (χ1v) is 6.13. The Labute approximate surface area is 115 Å². The maximum Gasteiger partial charge on any atom is 0.287 e. The van der Waals surface area contributed by atoms with Gasteiger partial charge in [0.1, 0.15) is 5.69 Å². The molecule has 0 saturated carbocycles. The molecule has 5 heteroatoms. The maximum absolute atomic E-state index is 11.8. The molecule has 3 aromatic heterocycles. The highest BCUT2D eigenvalue weighted by atomic mass is 16.3. The lowest BCUT2D eigenvalue weighted by atomic mass is 10.2. The van der Waals surface area contributed by atoms with Crippen molar-refractivity contribution in [1.29, 1.82) is 0 Å². The van der Waals surface area contributed by atoms with Gasteiger partial charge in [0.05, 0.1) is 12.5 Å². The van der Waals surface area contributed by atoms with Crippen molar-refractivity contribution in [3.05, 3.63) is 66.4 Å². The Morgan fingerprint density at radius 2 is 2.00 bits per heavy atom. The summed E-state index contributed by atoms with van der Waals surface area (Å²) in [6.45, 7) is 0.399. The molecule has 1 N–H and O–H groups in total. The Hall–Kier alpha value is -2.82. The SMILES string of the molecule is O=C(NCc1ccnc(-c2ccco2)c1)c1ccco1. The largest absolute Gasteiger partial charge is 0.463 e. The number of nitrogens with zero attached hydrogens (tertiary/aromatic N) is 1. The molecular weight excluding hydrogens is 256 g/mol. The molecule has 0 aromatic carbocycles. The highest BCUT2D eigenvalue weighted by molar-refractivity contribution is 5.91. The van der Waals surface area contributed by atoms with Gasteiger partial charge in [0.15, 0.2) is 11.5 Å². The molecule has 3 heterocycles. The molecule has 0 radical (unpaired) electrons. The molecule has 100 valence electrons. The fourth-order valence-corrected chi connectivity index (χ4v) is 1.82. The normalized spacial score (nSPS) is 10.4. The lowest BCUT2D eigenvalue weighted by Crippen LogP contribution is -2.22. The van der Waals surface area contributed by atoms with Crippen LogP contribution in [0, 0.1) is 0 Å². The predicted molar refractivity (Wildman–Crippen MR) is 71.8 cm³/mol. The summed E-state index contributed by atoms with van der Waals surface area (Å²) in [7, 11) is 0. The van der Waals surface area contributed by atoms with Gasteiger partial charge in [-0.2, -0.15) is 0 Å². The maximum atomic E-state index is 11.8. The first-order valence-electron chi connectivity index (χ1n) is 6.13. The minimum atomic E-state index is -0.244. The topological polar surface area (TPSA) is 68.3 Å². The third kappa shape index (κ3) is 2.61. The lowest BCUT2D eigenvalue weighted by molar-refractivity contribution is 0.0923. The minimum Gasteiger partial charge on any atom is -0.463 e. The van der Waals surface area contributed by atoms with Gasteiger partial charge in [0.2, 0.25) is 0 Å². The molecule has 1 amide bonds. The van der Waals surface area contributed by atoms with Gasteiger partial charge in [0, 0.05) is 12.7 Å². The first kappa shape index (κ1) is 12.2. The summed E-state index contributed by atoms with van der Waals surface area (Å²) in [5.74, 6) is 0.751. The molecule has 3 aromatic rings. The van der Waals surface area contributed by atoms with Gasteiger partial charge in [-0.15, -0.1) is 0 Å². The quantitative estimate of drug-likeness (QED) is 0.790. The number of hydrogen-bond acceptors (Lipinski definition) is 4. The molecule has 3 rings (SSSR count). The number of rotatable bonds is 4. The highest BCUT2D eigenvalue weighted by Gasteiger charge is 2.08. The summed E-state index contributed by atoms with van der Waals surface area (Å²) < 4.78 is 10.3. The third-order valence-electron chi connectivity index (χ3n) is 2.80. The zero-order valence-corrected chi connectivity index (χ0v) is 10.6. The van der Waals surface area contributed by atoms with Crippen LogP contribution in [-0.4, -0.2) is 10.9 Å². The van der Waals surface area contributed by atoms with E-state index in [1.54, 1.807) is 24.6 Å². The van der Waals surface area contributed by atoms with Crippen LogP contribution in [0.1, 0.15) is 16.1 Å². The second kappa shape index (κ2) is 5.44. The Morgan fingerprint density at radius 3 is 2.75 bits per heavy atom. The molecule has 0 aliphatic rings. The summed E-state index contributed by atoms with van der Waals surface area (Å²) in [4.78, 5) is 16.0. The summed E-state index contributed by atoms with van der Waals surface area (Å²) in [6, 6.07) is 10.7. The molecule has 0 aliphatic carbocycles. The van der Waals surface area contributed by atoms with Crippen molar-refractivity contribution in [3.8, 4) is 11.5 Å². The van der Waals surface area contributed by atoms with E-state index in [2.05, 4.69) is 10.3 Å². The second-order valence-electron chi connectivity index (χ2n) is 4.19. The van der Waals surface area contributed by atoms with E-state index < -0.39 is 0 Å². The van der Waals surface area contributed by atoms with Crippen molar-refractivity contribution in [3.63, 3.8) is 0 Å². The average Bonchev–Trinajstić information content (AvgIpc) is 3.17. The van der Waals surface area contributed by atoms with Crippen LogP contribution in [-0.2, 0) is 6.54 Å². The van der Waals surface area contributed by atoms with Crippen molar-refractivity contribution < 1.29 is 13.6 Å². The molecule has 5 nitrogen and oxygen atoms in total. The number of nitrogens with one attached hydrogen (secondary N) is 1. The highest BCUT2D eigenvalue weighted by Crippen LogP contribution is 2.18. The van der Waals surface area contributed by atoms with Crippen molar-refractivity contribution in [2.75, 3.05) is 0 Å². The predicted octanol–water partition coefficient (Wildman–Crippen LogP) is 2.86. The third-order valence-corrected chi connectivity index (χ3v) is 2.80. The van der Waals surface area contributed by atoms with Gasteiger partial charge in [-0.25, -0.2) is 0 Å². The van der Waals surface area contributed by atoms with Crippen LogP contribution in [0.5, 0.6) is 0 Å². The summed E-state index contributed by atoms with van der Waals surface area (Å²) in [5.41, 5.74) is 1.67. The molecule has 0 saturated heterocycles. The Morgan fingerprint density at radius 1 is 1.15 bits per heavy atom. The zero-order chi connectivity index (χ0) is 13.8. The fourth-order valence-electron chi connectivity index (χ4n) is 1.82. The molecule has 20 heavy (non-hydrogen) atoms. The van der Waals surface area contributed by atoms with Gasteiger partial charge in [-0.1, -0.05) is 0 Å². The van der Waals surface area contributed by atoms with Gasteiger partial charge < -0.3 is 14.2 Å². The van der Waals surface area contributed by atoms with E-state index in [1.165, 1.54) is 6.26 Å². The van der Waals surface area contributed by atoms with E-state index in [0.29, 0.717) is 18.1 Å². The number of aromatic nitrogens is 1. The van der Waals surface area contributed by atoms with E-state index in [0.717, 1.165) is 11.3 Å². The van der Waals surface area contributed by atoms with Crippen LogP contribution in [0.4, 0.5) is 0 Å². The first-order chi connectivity index (χ1) is 9.83. The smallest absolute Gasteiger partial charge is 0.287 e. The standard InChI is InChI=1S/C15H12N2O3/c18-15(14-4-2-8-20-14)17-10-11-5-6-16-12(9-11)13-3-1-7-19-13/h1-9H,10H2,(H,17,18). The molecule has 0 spiro atoms. The van der Waals surface area contributed by atoms with Crippen LogP contribution >= 0.6 is 0 Å². The van der Waals surface area contributed by atoms with Crippen LogP contribution in [0.2, 0.25) is 0 Å². The summed E-state index contributed by atoms with van der Waals surface area (Å²) in [6.07, 6.45) is 4.75. The Bertz CT molecular complexity index is 688. The zero-order valence-electron chi connectivity index (χ0n) is 10.6. The number of carbonyl (C=O) groups is 1.